The van der Waals surface area contributed by atoms with Crippen LogP contribution >= 0.6 is 11.6 Å². The zero-order chi connectivity index (χ0) is 10.4. The maximum Gasteiger partial charge on any atom is 0.237 e. The van der Waals surface area contributed by atoms with Crippen LogP contribution in [0.1, 0.15) is 20.3 Å². The fourth-order valence-corrected chi connectivity index (χ4v) is 1.52. The maximum atomic E-state index is 11.1. The van der Waals surface area contributed by atoms with E-state index in [1.807, 2.05) is 6.92 Å². The Labute approximate surface area is 86.7 Å². The van der Waals surface area contributed by atoms with Gasteiger partial charge in [0.2, 0.25) is 5.91 Å². The van der Waals surface area contributed by atoms with Crippen LogP contribution in [0.4, 0.5) is 0 Å². The molecule has 0 radical (unpaired) electrons. The molecule has 1 amide bonds. The van der Waals surface area contributed by atoms with Gasteiger partial charge in [-0.05, 0) is 20.3 Å². The van der Waals surface area contributed by atoms with Gasteiger partial charge >= 0.3 is 0 Å². The summed E-state index contributed by atoms with van der Waals surface area (Å²) in [7, 11) is -0.796. The molecule has 0 aromatic carbocycles. The van der Waals surface area contributed by atoms with Crippen LogP contribution < -0.4 is 5.32 Å². The van der Waals surface area contributed by atoms with E-state index < -0.39 is 16.2 Å². The monoisotopic (exact) mass is 225 g/mol. The minimum atomic E-state index is -0.796. The van der Waals surface area contributed by atoms with Crippen molar-refractivity contribution < 1.29 is 9.00 Å². The predicted octanol–water partition coefficient (Wildman–Crippen LogP) is 0.887. The number of nitrogens with one attached hydrogen (secondary N) is 1. The van der Waals surface area contributed by atoms with Crippen LogP contribution in [0.5, 0.6) is 0 Å². The predicted molar refractivity (Wildman–Crippen MR) is 56.5 cm³/mol. The topological polar surface area (TPSA) is 46.2 Å². The summed E-state index contributed by atoms with van der Waals surface area (Å²) in [4.78, 5) is 11.1. The summed E-state index contributed by atoms with van der Waals surface area (Å²) in [6.07, 6.45) is 2.37. The summed E-state index contributed by atoms with van der Waals surface area (Å²) in [5, 5.41) is 2.22. The Balaban J connectivity index is 3.68. The van der Waals surface area contributed by atoms with Crippen LogP contribution in [-0.4, -0.2) is 33.5 Å². The summed E-state index contributed by atoms with van der Waals surface area (Å²) in [5.41, 5.74) is 0. The highest BCUT2D eigenvalue weighted by atomic mass is 35.5. The molecule has 0 saturated carbocycles. The first-order valence-electron chi connectivity index (χ1n) is 4.18. The molecule has 1 N–H and O–H groups in total. The van der Waals surface area contributed by atoms with E-state index in [0.29, 0.717) is 5.75 Å². The number of rotatable bonds is 5. The van der Waals surface area contributed by atoms with Gasteiger partial charge in [-0.2, -0.15) is 0 Å². The van der Waals surface area contributed by atoms with Crippen molar-refractivity contribution >= 4 is 28.3 Å². The summed E-state index contributed by atoms with van der Waals surface area (Å²) in [6.45, 7) is 3.51. The molecule has 3 atom stereocenters. The lowest BCUT2D eigenvalue weighted by molar-refractivity contribution is -0.121. The van der Waals surface area contributed by atoms with Gasteiger partial charge in [-0.25, -0.2) is 0 Å². The van der Waals surface area contributed by atoms with Crippen molar-refractivity contribution in [2.75, 3.05) is 12.0 Å². The average Bonchev–Trinajstić information content (AvgIpc) is 2.00. The van der Waals surface area contributed by atoms with Crippen molar-refractivity contribution in [2.45, 2.75) is 31.7 Å². The quantitative estimate of drug-likeness (QED) is 0.707. The minimum absolute atomic E-state index is 0.0394. The molecular formula is C8H16ClNO2S. The molecule has 3 nitrogen and oxygen atoms in total. The number of halogens is 1. The van der Waals surface area contributed by atoms with E-state index in [4.69, 9.17) is 11.6 Å². The number of carbonyl (C=O) groups is 1. The molecule has 0 saturated heterocycles. The summed E-state index contributed by atoms with van der Waals surface area (Å²) in [6, 6.07) is 0.0394. The third kappa shape index (κ3) is 7.02. The van der Waals surface area contributed by atoms with E-state index in [0.717, 1.165) is 6.42 Å². The van der Waals surface area contributed by atoms with Gasteiger partial charge in [-0.3, -0.25) is 9.00 Å². The third-order valence-corrected chi connectivity index (χ3v) is 2.60. The molecule has 0 fully saturated rings. The van der Waals surface area contributed by atoms with E-state index >= 15 is 0 Å². The van der Waals surface area contributed by atoms with Gasteiger partial charge < -0.3 is 5.32 Å². The average molecular weight is 226 g/mol. The van der Waals surface area contributed by atoms with Gasteiger partial charge in [-0.15, -0.1) is 11.6 Å². The first kappa shape index (κ1) is 12.9. The highest BCUT2D eigenvalue weighted by molar-refractivity contribution is 7.84. The van der Waals surface area contributed by atoms with Crippen molar-refractivity contribution in [3.8, 4) is 0 Å². The standard InChI is InChI=1S/C8H16ClNO2S/c1-6(4-5-13(3)12)10-8(11)7(2)9/h6-7H,4-5H2,1-3H3,(H,10,11). The molecule has 0 bridgehead atoms. The molecule has 3 unspecified atom stereocenters. The number of hydrogen-bond acceptors (Lipinski definition) is 2. The normalized spacial score (nSPS) is 17.5. The van der Waals surface area contributed by atoms with Crippen LogP contribution in [0.25, 0.3) is 0 Å². The second-order valence-electron chi connectivity index (χ2n) is 3.09. The molecule has 5 heteroatoms. The smallest absolute Gasteiger partial charge is 0.237 e. The lowest BCUT2D eigenvalue weighted by atomic mass is 10.2. The Morgan fingerprint density at radius 1 is 1.54 bits per heavy atom. The van der Waals surface area contributed by atoms with Crippen molar-refractivity contribution in [2.24, 2.45) is 0 Å². The van der Waals surface area contributed by atoms with Gasteiger partial charge in [0.25, 0.3) is 0 Å². The van der Waals surface area contributed by atoms with Crippen molar-refractivity contribution in [1.82, 2.24) is 5.32 Å². The van der Waals surface area contributed by atoms with Crippen LogP contribution in [0.3, 0.4) is 0 Å². The molecule has 13 heavy (non-hydrogen) atoms. The zero-order valence-electron chi connectivity index (χ0n) is 8.17. The summed E-state index contributed by atoms with van der Waals surface area (Å²) < 4.78 is 10.7. The Bertz CT molecular complexity index is 197. The van der Waals surface area contributed by atoms with Crippen LogP contribution in [0.2, 0.25) is 0 Å². The maximum absolute atomic E-state index is 11.1. The van der Waals surface area contributed by atoms with Gasteiger partial charge in [0.15, 0.2) is 0 Å². The Hall–Kier alpha value is -0.0900. The molecule has 0 aliphatic carbocycles. The molecule has 78 valence electrons. The second kappa shape index (κ2) is 6.38. The number of carbonyl (C=O) groups excluding carboxylic acids is 1. The SMILES string of the molecule is CC(CCS(C)=O)NC(=O)C(C)Cl. The van der Waals surface area contributed by atoms with E-state index in [1.54, 1.807) is 13.2 Å². The van der Waals surface area contributed by atoms with Gasteiger partial charge in [-0.1, -0.05) is 0 Å². The molecule has 0 aromatic rings. The molecule has 0 aromatic heterocycles. The Kier molecular flexibility index (Phi) is 6.33. The fraction of sp³-hybridized carbons (Fsp3) is 0.875. The lowest BCUT2D eigenvalue weighted by Crippen LogP contribution is -2.37. The highest BCUT2D eigenvalue weighted by Crippen LogP contribution is 1.97. The fourth-order valence-electron chi connectivity index (χ4n) is 0.773. The number of hydrogen-bond donors (Lipinski definition) is 1. The van der Waals surface area contributed by atoms with E-state index in [9.17, 15) is 9.00 Å². The largest absolute Gasteiger partial charge is 0.352 e. The van der Waals surface area contributed by atoms with E-state index in [-0.39, 0.29) is 11.9 Å². The zero-order valence-corrected chi connectivity index (χ0v) is 9.74. The van der Waals surface area contributed by atoms with E-state index in [1.165, 1.54) is 0 Å². The molecule has 0 rings (SSSR count). The first-order valence-corrected chi connectivity index (χ1v) is 6.34. The number of amides is 1. The highest BCUT2D eigenvalue weighted by Gasteiger charge is 2.12. The van der Waals surface area contributed by atoms with Crippen molar-refractivity contribution in [1.29, 1.82) is 0 Å². The summed E-state index contributed by atoms with van der Waals surface area (Å²) >= 11 is 5.56. The Morgan fingerprint density at radius 2 is 2.08 bits per heavy atom. The van der Waals surface area contributed by atoms with Gasteiger partial charge in [0.1, 0.15) is 5.38 Å². The Morgan fingerprint density at radius 3 is 2.46 bits per heavy atom. The van der Waals surface area contributed by atoms with Crippen LogP contribution in [0, 0.1) is 0 Å². The lowest BCUT2D eigenvalue weighted by Gasteiger charge is -2.13. The first-order chi connectivity index (χ1) is 5.93. The van der Waals surface area contributed by atoms with Crippen LogP contribution in [0.15, 0.2) is 0 Å². The van der Waals surface area contributed by atoms with Crippen molar-refractivity contribution in [3.05, 3.63) is 0 Å². The molecule has 0 spiro atoms. The van der Waals surface area contributed by atoms with Gasteiger partial charge in [0.05, 0.1) is 0 Å². The third-order valence-electron chi connectivity index (χ3n) is 1.59. The van der Waals surface area contributed by atoms with E-state index in [2.05, 4.69) is 5.32 Å². The summed E-state index contributed by atoms with van der Waals surface area (Å²) in [5.74, 6) is 0.439. The van der Waals surface area contributed by atoms with Gasteiger partial charge in [0, 0.05) is 28.9 Å². The molecular weight excluding hydrogens is 210 g/mol. The molecule has 0 heterocycles. The molecule has 0 aliphatic heterocycles. The molecule has 0 aliphatic rings. The van der Waals surface area contributed by atoms with Crippen LogP contribution in [-0.2, 0) is 15.6 Å². The number of alkyl halides is 1. The second-order valence-corrected chi connectivity index (χ2v) is 5.30. The van der Waals surface area contributed by atoms with Crippen molar-refractivity contribution in [3.63, 3.8) is 0 Å². The minimum Gasteiger partial charge on any atom is -0.352 e.